The number of carboxylic acids is 1. The zero-order valence-electron chi connectivity index (χ0n) is 19.6. The van der Waals surface area contributed by atoms with Crippen molar-refractivity contribution in [1.82, 2.24) is 5.32 Å². The predicted octanol–water partition coefficient (Wildman–Crippen LogP) is 5.36. The van der Waals surface area contributed by atoms with Crippen molar-refractivity contribution in [3.05, 3.63) is 131 Å². The molecular formula is C29H24N2O6. The molecule has 37 heavy (non-hydrogen) atoms. The van der Waals surface area contributed by atoms with E-state index >= 15 is 0 Å². The van der Waals surface area contributed by atoms with E-state index in [1.807, 2.05) is 30.3 Å². The number of para-hydroxylation sites is 2. The Kier molecular flexibility index (Phi) is 7.80. The van der Waals surface area contributed by atoms with Crippen molar-refractivity contribution < 1.29 is 29.3 Å². The van der Waals surface area contributed by atoms with Gasteiger partial charge in [0.05, 0.1) is 17.3 Å². The standard InChI is InChI=1S/C29H24N2O6/c32-25-9-5-4-8-24(25)30-27(33)22-16-14-21(15-17-22)26(20-6-2-1-3-7-20)31-29(36)37-18-19-10-12-23(13-11-19)28(34)35/h1-17,26,32H,18H2,(H,30,33)(H,31,36)(H,34,35)/t26-/m0/s1. The van der Waals surface area contributed by atoms with Crippen molar-refractivity contribution in [2.45, 2.75) is 12.6 Å². The number of carbonyl (C=O) groups is 3. The molecule has 0 aliphatic heterocycles. The predicted molar refractivity (Wildman–Crippen MR) is 138 cm³/mol. The van der Waals surface area contributed by atoms with Crippen LogP contribution in [0.5, 0.6) is 5.75 Å². The van der Waals surface area contributed by atoms with Crippen molar-refractivity contribution in [1.29, 1.82) is 0 Å². The summed E-state index contributed by atoms with van der Waals surface area (Å²) in [4.78, 5) is 36.3. The molecular weight excluding hydrogens is 472 g/mol. The van der Waals surface area contributed by atoms with E-state index in [2.05, 4.69) is 10.6 Å². The van der Waals surface area contributed by atoms with Crippen LogP contribution in [-0.2, 0) is 11.3 Å². The van der Waals surface area contributed by atoms with Gasteiger partial charge in [0.2, 0.25) is 0 Å². The first kappa shape index (κ1) is 25.0. The van der Waals surface area contributed by atoms with Crippen LogP contribution in [-0.4, -0.2) is 28.2 Å². The molecule has 0 spiro atoms. The summed E-state index contributed by atoms with van der Waals surface area (Å²) >= 11 is 0. The van der Waals surface area contributed by atoms with Gasteiger partial charge in [-0.15, -0.1) is 0 Å². The second-order valence-electron chi connectivity index (χ2n) is 8.16. The summed E-state index contributed by atoms with van der Waals surface area (Å²) in [6.45, 7) is -0.0291. The van der Waals surface area contributed by atoms with Gasteiger partial charge in [0, 0.05) is 5.56 Å². The summed E-state index contributed by atoms with van der Waals surface area (Å²) in [5.41, 5.74) is 3.03. The number of nitrogens with one attached hydrogen (secondary N) is 2. The second kappa shape index (κ2) is 11.5. The maximum Gasteiger partial charge on any atom is 0.408 e. The number of anilines is 1. The van der Waals surface area contributed by atoms with Gasteiger partial charge < -0.3 is 25.6 Å². The Labute approximate surface area is 213 Å². The van der Waals surface area contributed by atoms with Crippen molar-refractivity contribution in [3.63, 3.8) is 0 Å². The lowest BCUT2D eigenvalue weighted by atomic mass is 9.97. The Balaban J connectivity index is 1.46. The fourth-order valence-corrected chi connectivity index (χ4v) is 3.66. The molecule has 1 atom stereocenters. The number of carbonyl (C=O) groups excluding carboxylic acids is 2. The van der Waals surface area contributed by atoms with E-state index in [0.29, 0.717) is 16.8 Å². The third kappa shape index (κ3) is 6.52. The average Bonchev–Trinajstić information content (AvgIpc) is 2.92. The first-order valence-electron chi connectivity index (χ1n) is 11.4. The largest absolute Gasteiger partial charge is 0.506 e. The smallest absolute Gasteiger partial charge is 0.408 e. The Morgan fingerprint density at radius 1 is 0.730 bits per heavy atom. The lowest BCUT2D eigenvalue weighted by molar-refractivity contribution is 0.0696. The summed E-state index contributed by atoms with van der Waals surface area (Å²) in [5, 5.41) is 24.4. The number of rotatable bonds is 8. The third-order valence-corrected chi connectivity index (χ3v) is 5.62. The van der Waals surface area contributed by atoms with Crippen molar-refractivity contribution in [3.8, 4) is 5.75 Å². The first-order chi connectivity index (χ1) is 17.9. The summed E-state index contributed by atoms with van der Waals surface area (Å²) in [6, 6.07) is 28.0. The van der Waals surface area contributed by atoms with Crippen LogP contribution in [0.2, 0.25) is 0 Å². The Bertz CT molecular complexity index is 1390. The summed E-state index contributed by atoms with van der Waals surface area (Å²) in [5.74, 6) is -1.44. The number of aromatic carboxylic acids is 1. The minimum atomic E-state index is -1.03. The van der Waals surface area contributed by atoms with E-state index in [0.717, 1.165) is 11.1 Å². The van der Waals surface area contributed by atoms with Gasteiger partial charge in [0.15, 0.2) is 0 Å². The van der Waals surface area contributed by atoms with Gasteiger partial charge in [-0.1, -0.05) is 66.7 Å². The van der Waals surface area contributed by atoms with Crippen molar-refractivity contribution in [2.75, 3.05) is 5.32 Å². The van der Waals surface area contributed by atoms with E-state index in [1.165, 1.54) is 18.2 Å². The normalized spacial score (nSPS) is 11.2. The highest BCUT2D eigenvalue weighted by molar-refractivity contribution is 6.05. The van der Waals surface area contributed by atoms with Crippen molar-refractivity contribution in [2.24, 2.45) is 0 Å². The summed E-state index contributed by atoms with van der Waals surface area (Å²) in [6.07, 6.45) is -0.655. The number of aromatic hydroxyl groups is 1. The number of hydrogen-bond donors (Lipinski definition) is 4. The quantitative estimate of drug-likeness (QED) is 0.244. The first-order valence-corrected chi connectivity index (χ1v) is 11.4. The number of benzene rings is 4. The number of alkyl carbamates (subject to hydrolysis) is 1. The molecule has 0 saturated carbocycles. The molecule has 4 aromatic carbocycles. The number of hydrogen-bond acceptors (Lipinski definition) is 5. The van der Waals surface area contributed by atoms with Crippen molar-refractivity contribution >= 4 is 23.7 Å². The maximum absolute atomic E-state index is 12.6. The van der Waals surface area contributed by atoms with Crippen LogP contribution in [0.25, 0.3) is 0 Å². The van der Waals surface area contributed by atoms with E-state index < -0.39 is 18.1 Å². The molecule has 0 fully saturated rings. The van der Waals surface area contributed by atoms with Gasteiger partial charge in [-0.25, -0.2) is 9.59 Å². The van der Waals surface area contributed by atoms with Crippen LogP contribution in [0.4, 0.5) is 10.5 Å². The minimum Gasteiger partial charge on any atom is -0.506 e. The number of phenols is 1. The third-order valence-electron chi connectivity index (χ3n) is 5.62. The SMILES string of the molecule is O=C(N[C@@H](c1ccccc1)c1ccc(C(=O)Nc2ccccc2O)cc1)OCc1ccc(C(=O)O)cc1. The molecule has 0 unspecified atom stereocenters. The molecule has 0 aliphatic rings. The molecule has 186 valence electrons. The zero-order valence-corrected chi connectivity index (χ0v) is 19.6. The minimum absolute atomic E-state index is 0.0291. The zero-order chi connectivity index (χ0) is 26.2. The Morgan fingerprint density at radius 3 is 1.97 bits per heavy atom. The molecule has 2 amide bonds. The van der Waals surface area contributed by atoms with Gasteiger partial charge in [0.1, 0.15) is 12.4 Å². The number of amides is 2. The molecule has 0 saturated heterocycles. The Hall–Kier alpha value is -5.11. The van der Waals surface area contributed by atoms with Gasteiger partial charge in [-0.05, 0) is 53.1 Å². The van der Waals surface area contributed by atoms with E-state index in [4.69, 9.17) is 9.84 Å². The number of ether oxygens (including phenoxy) is 1. The Morgan fingerprint density at radius 2 is 1.32 bits per heavy atom. The highest BCUT2D eigenvalue weighted by atomic mass is 16.5. The molecule has 0 aliphatic carbocycles. The summed E-state index contributed by atoms with van der Waals surface area (Å²) < 4.78 is 5.36. The maximum atomic E-state index is 12.6. The fourth-order valence-electron chi connectivity index (χ4n) is 3.66. The topological polar surface area (TPSA) is 125 Å². The molecule has 8 heteroatoms. The van der Waals surface area contributed by atoms with Crippen LogP contribution in [0.3, 0.4) is 0 Å². The lowest BCUT2D eigenvalue weighted by Crippen LogP contribution is -2.30. The lowest BCUT2D eigenvalue weighted by Gasteiger charge is -2.20. The van der Waals surface area contributed by atoms with Crippen LogP contribution in [0, 0.1) is 0 Å². The van der Waals surface area contributed by atoms with E-state index in [-0.39, 0.29) is 23.8 Å². The fraction of sp³-hybridized carbons (Fsp3) is 0.0690. The molecule has 0 heterocycles. The number of carboxylic acid groups (broad SMARTS) is 1. The highest BCUT2D eigenvalue weighted by Gasteiger charge is 2.19. The van der Waals surface area contributed by atoms with Crippen LogP contribution in [0.1, 0.15) is 43.4 Å². The number of phenolic OH excluding ortho intramolecular Hbond substituents is 1. The molecule has 0 aromatic heterocycles. The van der Waals surface area contributed by atoms with Gasteiger partial charge in [-0.2, -0.15) is 0 Å². The van der Waals surface area contributed by atoms with Crippen LogP contribution < -0.4 is 10.6 Å². The molecule has 4 rings (SSSR count). The van der Waals surface area contributed by atoms with Gasteiger partial charge in [-0.3, -0.25) is 4.79 Å². The molecule has 8 nitrogen and oxygen atoms in total. The monoisotopic (exact) mass is 496 g/mol. The second-order valence-corrected chi connectivity index (χ2v) is 8.16. The van der Waals surface area contributed by atoms with E-state index in [1.54, 1.807) is 54.6 Å². The van der Waals surface area contributed by atoms with Gasteiger partial charge >= 0.3 is 12.1 Å². The summed E-state index contributed by atoms with van der Waals surface area (Å²) in [7, 11) is 0. The van der Waals surface area contributed by atoms with Crippen LogP contribution in [0.15, 0.2) is 103 Å². The van der Waals surface area contributed by atoms with Crippen LogP contribution >= 0.6 is 0 Å². The van der Waals surface area contributed by atoms with Gasteiger partial charge in [0.25, 0.3) is 5.91 Å². The van der Waals surface area contributed by atoms with E-state index in [9.17, 15) is 19.5 Å². The molecule has 4 aromatic rings. The molecule has 0 radical (unpaired) electrons. The molecule has 0 bridgehead atoms. The average molecular weight is 497 g/mol. The molecule has 4 N–H and O–H groups in total. The highest BCUT2D eigenvalue weighted by Crippen LogP contribution is 2.25.